The minimum atomic E-state index is 0.0844. The third kappa shape index (κ3) is 3.95. The van der Waals surface area contributed by atoms with Gasteiger partial charge < -0.3 is 4.74 Å². The summed E-state index contributed by atoms with van der Waals surface area (Å²) >= 11 is 0. The molecule has 1 rings (SSSR count). The molecule has 0 unspecified atom stereocenters. The second kappa shape index (κ2) is 7.00. The van der Waals surface area contributed by atoms with E-state index in [1.165, 1.54) is 0 Å². The molecule has 0 aromatic heterocycles. The highest BCUT2D eigenvalue weighted by Crippen LogP contribution is 2.14. The van der Waals surface area contributed by atoms with Crippen molar-refractivity contribution in [3.63, 3.8) is 0 Å². The van der Waals surface area contributed by atoms with Crippen LogP contribution in [-0.4, -0.2) is 6.61 Å². The number of ether oxygens (including phenoxy) is 1. The average Bonchev–Trinajstić information content (AvgIpc) is 2.38. The normalized spacial score (nSPS) is 8.82. The van der Waals surface area contributed by atoms with Crippen molar-refractivity contribution in [1.29, 1.82) is 10.5 Å². The van der Waals surface area contributed by atoms with Crippen molar-refractivity contribution in [3.8, 4) is 12.1 Å². The van der Waals surface area contributed by atoms with Crippen LogP contribution in [0.4, 0.5) is 0 Å². The number of nitriles is 2. The Labute approximate surface area is 101 Å². The Bertz CT molecular complexity index is 488. The first-order valence-electron chi connectivity index (χ1n) is 5.10. The molecule has 0 aliphatic carbocycles. The van der Waals surface area contributed by atoms with Crippen LogP contribution in [0.2, 0.25) is 0 Å². The molecule has 0 aliphatic heterocycles. The van der Waals surface area contributed by atoms with Crippen LogP contribution in [0.5, 0.6) is 0 Å². The molecule has 0 saturated heterocycles. The predicted molar refractivity (Wildman–Crippen MR) is 65.5 cm³/mol. The molecule has 0 atom stereocenters. The van der Waals surface area contributed by atoms with E-state index in [2.05, 4.69) is 6.58 Å². The monoisotopic (exact) mass is 224 g/mol. The zero-order valence-corrected chi connectivity index (χ0v) is 9.39. The third-order valence-corrected chi connectivity index (χ3v) is 2.09. The van der Waals surface area contributed by atoms with Crippen LogP contribution in [0.3, 0.4) is 0 Å². The number of hydrogen-bond acceptors (Lipinski definition) is 3. The van der Waals surface area contributed by atoms with Gasteiger partial charge in [0.2, 0.25) is 0 Å². The minimum absolute atomic E-state index is 0.0844. The second-order valence-corrected chi connectivity index (χ2v) is 3.28. The maximum absolute atomic E-state index is 8.71. The molecule has 0 fully saturated rings. The Kier molecular flexibility index (Phi) is 5.24. The van der Waals surface area contributed by atoms with E-state index in [1.54, 1.807) is 12.2 Å². The molecular formula is C14H12N2O. The van der Waals surface area contributed by atoms with Crippen LogP contribution < -0.4 is 0 Å². The van der Waals surface area contributed by atoms with E-state index < -0.39 is 0 Å². The van der Waals surface area contributed by atoms with Crippen LogP contribution in [0, 0.1) is 22.7 Å². The maximum atomic E-state index is 8.71. The Hall–Kier alpha value is -2.36. The fourth-order valence-electron chi connectivity index (χ4n) is 1.30. The van der Waals surface area contributed by atoms with Crippen LogP contribution >= 0.6 is 0 Å². The van der Waals surface area contributed by atoms with Crippen LogP contribution in [-0.2, 0) is 11.3 Å². The molecule has 0 heterocycles. The van der Waals surface area contributed by atoms with Gasteiger partial charge in [0.15, 0.2) is 0 Å². The molecule has 0 spiro atoms. The lowest BCUT2D eigenvalue weighted by Crippen LogP contribution is -1.95. The van der Waals surface area contributed by atoms with E-state index in [9.17, 15) is 0 Å². The van der Waals surface area contributed by atoms with E-state index in [1.807, 2.05) is 36.4 Å². The number of allylic oxidation sites excluding steroid dienone is 1. The first-order chi connectivity index (χ1) is 8.31. The molecule has 3 nitrogen and oxygen atoms in total. The van der Waals surface area contributed by atoms with Crippen molar-refractivity contribution in [2.75, 3.05) is 6.61 Å². The van der Waals surface area contributed by atoms with Gasteiger partial charge in [-0.15, -0.1) is 6.58 Å². The van der Waals surface area contributed by atoms with Crippen molar-refractivity contribution < 1.29 is 4.74 Å². The van der Waals surface area contributed by atoms with Crippen molar-refractivity contribution in [2.45, 2.75) is 6.61 Å². The molecule has 17 heavy (non-hydrogen) atoms. The standard InChI is InChI=1S/C14H12N2O/c1-2-7-17-11-14-6-4-3-5-13(14)8-12(9-15)10-16/h2-6,8H,1,7,11H2. The third-order valence-electron chi connectivity index (χ3n) is 2.09. The lowest BCUT2D eigenvalue weighted by molar-refractivity contribution is 0.149. The molecule has 3 heteroatoms. The highest BCUT2D eigenvalue weighted by molar-refractivity contribution is 5.64. The van der Waals surface area contributed by atoms with E-state index in [4.69, 9.17) is 15.3 Å². The van der Waals surface area contributed by atoms with Crippen molar-refractivity contribution in [3.05, 3.63) is 53.6 Å². The number of nitrogens with zero attached hydrogens (tertiary/aromatic N) is 2. The Morgan fingerprint density at radius 3 is 2.65 bits per heavy atom. The number of benzene rings is 1. The largest absolute Gasteiger partial charge is 0.373 e. The summed E-state index contributed by atoms with van der Waals surface area (Å²) in [6.45, 7) is 4.47. The van der Waals surface area contributed by atoms with Crippen molar-refractivity contribution in [1.82, 2.24) is 0 Å². The second-order valence-electron chi connectivity index (χ2n) is 3.28. The van der Waals surface area contributed by atoms with Gasteiger partial charge in [-0.2, -0.15) is 10.5 Å². The first kappa shape index (κ1) is 12.7. The molecule has 0 amide bonds. The highest BCUT2D eigenvalue weighted by atomic mass is 16.5. The molecule has 0 radical (unpaired) electrons. The minimum Gasteiger partial charge on any atom is -0.373 e. The maximum Gasteiger partial charge on any atom is 0.130 e. The highest BCUT2D eigenvalue weighted by Gasteiger charge is 2.01. The van der Waals surface area contributed by atoms with Gasteiger partial charge in [0.1, 0.15) is 17.7 Å². The zero-order valence-electron chi connectivity index (χ0n) is 9.39. The van der Waals surface area contributed by atoms with Gasteiger partial charge in [0, 0.05) is 0 Å². The summed E-state index contributed by atoms with van der Waals surface area (Å²) in [6, 6.07) is 11.2. The Morgan fingerprint density at radius 2 is 2.00 bits per heavy atom. The van der Waals surface area contributed by atoms with Gasteiger partial charge in [-0.1, -0.05) is 30.3 Å². The van der Waals surface area contributed by atoms with Gasteiger partial charge in [-0.3, -0.25) is 0 Å². The lowest BCUT2D eigenvalue weighted by Gasteiger charge is -2.05. The first-order valence-corrected chi connectivity index (χ1v) is 5.10. The van der Waals surface area contributed by atoms with E-state index in [-0.39, 0.29) is 5.57 Å². The number of rotatable bonds is 5. The summed E-state index contributed by atoms with van der Waals surface area (Å²) < 4.78 is 5.35. The molecule has 0 N–H and O–H groups in total. The van der Waals surface area contributed by atoms with Crippen LogP contribution in [0.25, 0.3) is 6.08 Å². The zero-order chi connectivity index (χ0) is 12.5. The predicted octanol–water partition coefficient (Wildman–Crippen LogP) is 2.82. The molecule has 0 saturated carbocycles. The Morgan fingerprint density at radius 1 is 1.29 bits per heavy atom. The summed E-state index contributed by atoms with van der Waals surface area (Å²) in [5, 5.41) is 17.4. The van der Waals surface area contributed by atoms with Crippen LogP contribution in [0.1, 0.15) is 11.1 Å². The molecular weight excluding hydrogens is 212 g/mol. The van der Waals surface area contributed by atoms with Gasteiger partial charge in [0.05, 0.1) is 13.2 Å². The Balaban J connectivity index is 2.93. The number of hydrogen-bond donors (Lipinski definition) is 0. The van der Waals surface area contributed by atoms with E-state index in [0.717, 1.165) is 11.1 Å². The summed E-state index contributed by atoms with van der Waals surface area (Å²) in [4.78, 5) is 0. The average molecular weight is 224 g/mol. The van der Waals surface area contributed by atoms with Crippen molar-refractivity contribution in [2.24, 2.45) is 0 Å². The van der Waals surface area contributed by atoms with E-state index >= 15 is 0 Å². The van der Waals surface area contributed by atoms with Gasteiger partial charge in [-0.25, -0.2) is 0 Å². The lowest BCUT2D eigenvalue weighted by atomic mass is 10.1. The SMILES string of the molecule is C=CCOCc1ccccc1C=C(C#N)C#N. The van der Waals surface area contributed by atoms with E-state index in [0.29, 0.717) is 13.2 Å². The van der Waals surface area contributed by atoms with Gasteiger partial charge >= 0.3 is 0 Å². The molecule has 1 aromatic carbocycles. The molecule has 84 valence electrons. The summed E-state index contributed by atoms with van der Waals surface area (Å²) in [7, 11) is 0. The van der Waals surface area contributed by atoms with Gasteiger partial charge in [0.25, 0.3) is 0 Å². The summed E-state index contributed by atoms with van der Waals surface area (Å²) in [5.41, 5.74) is 1.85. The fourth-order valence-corrected chi connectivity index (χ4v) is 1.30. The summed E-state index contributed by atoms with van der Waals surface area (Å²) in [6.07, 6.45) is 3.24. The molecule has 0 bridgehead atoms. The smallest absolute Gasteiger partial charge is 0.130 e. The molecule has 0 aliphatic rings. The quantitative estimate of drug-likeness (QED) is 0.439. The van der Waals surface area contributed by atoms with Gasteiger partial charge in [-0.05, 0) is 17.2 Å². The fraction of sp³-hybridized carbons (Fsp3) is 0.143. The van der Waals surface area contributed by atoms with Crippen LogP contribution in [0.15, 0.2) is 42.5 Å². The molecule has 1 aromatic rings. The van der Waals surface area contributed by atoms with Crippen molar-refractivity contribution >= 4 is 6.08 Å². The topological polar surface area (TPSA) is 56.8 Å². The summed E-state index contributed by atoms with van der Waals surface area (Å²) in [5.74, 6) is 0.